The number of aromatic nitrogens is 4. The van der Waals surface area contributed by atoms with Gasteiger partial charge < -0.3 is 15.2 Å². The van der Waals surface area contributed by atoms with Crippen LogP contribution in [0.1, 0.15) is 26.3 Å². The summed E-state index contributed by atoms with van der Waals surface area (Å²) in [7, 11) is 0. The Kier molecular flexibility index (Phi) is 4.73. The SMILES string of the molecule is CC(C)n1cnc2nc(Cl)nc(NCCCNC=O)c21. The lowest BCUT2D eigenvalue weighted by molar-refractivity contribution is -0.109. The lowest BCUT2D eigenvalue weighted by Crippen LogP contribution is -2.16. The normalized spacial score (nSPS) is 11.0. The van der Waals surface area contributed by atoms with Gasteiger partial charge in [0.1, 0.15) is 5.52 Å². The lowest BCUT2D eigenvalue weighted by Gasteiger charge is -2.12. The molecule has 2 N–H and O–H groups in total. The van der Waals surface area contributed by atoms with Gasteiger partial charge in [-0.15, -0.1) is 0 Å². The molecule has 0 aliphatic heterocycles. The highest BCUT2D eigenvalue weighted by Gasteiger charge is 2.14. The number of anilines is 1. The van der Waals surface area contributed by atoms with Crippen LogP contribution in [0.4, 0.5) is 5.82 Å². The van der Waals surface area contributed by atoms with E-state index in [2.05, 4.69) is 39.4 Å². The van der Waals surface area contributed by atoms with Crippen LogP contribution in [0.15, 0.2) is 6.33 Å². The number of carbonyl (C=O) groups is 1. The zero-order valence-electron chi connectivity index (χ0n) is 11.4. The monoisotopic (exact) mass is 296 g/mol. The van der Waals surface area contributed by atoms with Crippen molar-refractivity contribution < 1.29 is 4.79 Å². The predicted octanol–water partition coefficient (Wildman–Crippen LogP) is 1.61. The summed E-state index contributed by atoms with van der Waals surface area (Å²) in [5, 5.41) is 5.99. The van der Waals surface area contributed by atoms with Crippen molar-refractivity contribution in [1.29, 1.82) is 0 Å². The Morgan fingerprint density at radius 1 is 1.40 bits per heavy atom. The topological polar surface area (TPSA) is 84.7 Å². The molecule has 2 rings (SSSR count). The molecule has 0 bridgehead atoms. The van der Waals surface area contributed by atoms with Gasteiger partial charge in [0.2, 0.25) is 11.7 Å². The van der Waals surface area contributed by atoms with Crippen molar-refractivity contribution in [2.45, 2.75) is 26.3 Å². The number of nitrogens with zero attached hydrogens (tertiary/aromatic N) is 4. The van der Waals surface area contributed by atoms with Crippen molar-refractivity contribution in [1.82, 2.24) is 24.8 Å². The number of hydrogen-bond acceptors (Lipinski definition) is 5. The van der Waals surface area contributed by atoms with E-state index in [1.165, 1.54) is 0 Å². The summed E-state index contributed by atoms with van der Waals surface area (Å²) in [6.07, 6.45) is 3.21. The number of fused-ring (bicyclic) bond motifs is 1. The first-order chi connectivity index (χ1) is 9.63. The third-order valence-electron chi connectivity index (χ3n) is 2.83. The summed E-state index contributed by atoms with van der Waals surface area (Å²) >= 11 is 5.91. The Hall–Kier alpha value is -1.89. The van der Waals surface area contributed by atoms with Gasteiger partial charge >= 0.3 is 0 Å². The molecule has 0 aliphatic carbocycles. The van der Waals surface area contributed by atoms with E-state index in [0.29, 0.717) is 31.0 Å². The highest BCUT2D eigenvalue weighted by Crippen LogP contribution is 2.24. The van der Waals surface area contributed by atoms with Crippen LogP contribution < -0.4 is 10.6 Å². The number of carbonyl (C=O) groups excluding carboxylic acids is 1. The molecular weight excluding hydrogens is 280 g/mol. The first-order valence-electron chi connectivity index (χ1n) is 6.44. The summed E-state index contributed by atoms with van der Waals surface area (Å²) in [5.41, 5.74) is 1.42. The van der Waals surface area contributed by atoms with E-state index < -0.39 is 0 Å². The molecule has 20 heavy (non-hydrogen) atoms. The molecule has 1 amide bonds. The number of rotatable bonds is 7. The van der Waals surface area contributed by atoms with Gasteiger partial charge in [0.15, 0.2) is 11.5 Å². The molecule has 2 aromatic rings. The van der Waals surface area contributed by atoms with Gasteiger partial charge in [-0.3, -0.25) is 4.79 Å². The number of amides is 1. The minimum Gasteiger partial charge on any atom is -0.368 e. The van der Waals surface area contributed by atoms with Gasteiger partial charge in [-0.2, -0.15) is 9.97 Å². The van der Waals surface area contributed by atoms with Gasteiger partial charge in [-0.25, -0.2) is 4.98 Å². The zero-order chi connectivity index (χ0) is 14.5. The Morgan fingerprint density at radius 3 is 2.90 bits per heavy atom. The summed E-state index contributed by atoms with van der Waals surface area (Å²) in [4.78, 5) is 22.8. The van der Waals surface area contributed by atoms with E-state index in [4.69, 9.17) is 11.6 Å². The fourth-order valence-electron chi connectivity index (χ4n) is 1.89. The Balaban J connectivity index is 2.21. The number of hydrogen-bond donors (Lipinski definition) is 2. The van der Waals surface area contributed by atoms with Crippen LogP contribution >= 0.6 is 11.6 Å². The van der Waals surface area contributed by atoms with Crippen LogP contribution in [0.2, 0.25) is 5.28 Å². The van der Waals surface area contributed by atoms with Crippen LogP contribution in [0, 0.1) is 0 Å². The van der Waals surface area contributed by atoms with Crippen molar-refractivity contribution in [3.63, 3.8) is 0 Å². The molecule has 0 aliphatic rings. The third-order valence-corrected chi connectivity index (χ3v) is 3.00. The highest BCUT2D eigenvalue weighted by molar-refractivity contribution is 6.28. The number of imidazole rings is 1. The van der Waals surface area contributed by atoms with Gasteiger partial charge in [-0.1, -0.05) is 0 Å². The van der Waals surface area contributed by atoms with Crippen LogP contribution in [0.25, 0.3) is 11.2 Å². The molecule has 2 aromatic heterocycles. The average molecular weight is 297 g/mol. The van der Waals surface area contributed by atoms with E-state index >= 15 is 0 Å². The summed E-state index contributed by atoms with van der Waals surface area (Å²) in [6.45, 7) is 5.41. The zero-order valence-corrected chi connectivity index (χ0v) is 12.2. The maximum atomic E-state index is 10.2. The fraction of sp³-hybridized carbons (Fsp3) is 0.500. The van der Waals surface area contributed by atoms with Crippen molar-refractivity contribution >= 4 is 35.0 Å². The molecular formula is C12H17ClN6O. The van der Waals surface area contributed by atoms with Gasteiger partial charge in [0, 0.05) is 19.1 Å². The smallest absolute Gasteiger partial charge is 0.226 e. The maximum Gasteiger partial charge on any atom is 0.226 e. The molecule has 0 atom stereocenters. The van der Waals surface area contributed by atoms with E-state index in [1.807, 2.05) is 4.57 Å². The van der Waals surface area contributed by atoms with Crippen molar-refractivity contribution in [3.8, 4) is 0 Å². The second kappa shape index (κ2) is 6.51. The van der Waals surface area contributed by atoms with Crippen LogP contribution in [0.5, 0.6) is 0 Å². The van der Waals surface area contributed by atoms with Gasteiger partial charge in [-0.05, 0) is 31.9 Å². The fourth-order valence-corrected chi connectivity index (χ4v) is 2.05. The van der Waals surface area contributed by atoms with Crippen LogP contribution in [0.3, 0.4) is 0 Å². The molecule has 108 valence electrons. The molecule has 0 fully saturated rings. The second-order valence-corrected chi connectivity index (χ2v) is 4.95. The summed E-state index contributed by atoms with van der Waals surface area (Å²) in [6, 6.07) is 0.252. The first-order valence-corrected chi connectivity index (χ1v) is 6.82. The number of nitrogens with one attached hydrogen (secondary N) is 2. The van der Waals surface area contributed by atoms with Gasteiger partial charge in [0.05, 0.1) is 6.33 Å². The standard InChI is InChI=1S/C12H17ClN6O/c1-8(2)19-6-16-11-9(19)10(17-12(13)18-11)15-5-3-4-14-7-20/h6-8H,3-5H2,1-2H3,(H,14,20)(H,15,17,18). The molecule has 0 aromatic carbocycles. The summed E-state index contributed by atoms with van der Waals surface area (Å²) < 4.78 is 2.00. The molecule has 0 radical (unpaired) electrons. The van der Waals surface area contributed by atoms with Crippen molar-refractivity contribution in [2.75, 3.05) is 18.4 Å². The minimum atomic E-state index is 0.167. The number of halogens is 1. The van der Waals surface area contributed by atoms with Crippen LogP contribution in [-0.4, -0.2) is 39.0 Å². The predicted molar refractivity (Wildman–Crippen MR) is 77.9 cm³/mol. The Morgan fingerprint density at radius 2 is 2.20 bits per heavy atom. The molecule has 8 heteroatoms. The van der Waals surface area contributed by atoms with E-state index in [-0.39, 0.29) is 11.3 Å². The quantitative estimate of drug-likeness (QED) is 0.461. The summed E-state index contributed by atoms with van der Waals surface area (Å²) in [5.74, 6) is 0.664. The largest absolute Gasteiger partial charge is 0.368 e. The molecule has 7 nitrogen and oxygen atoms in total. The third kappa shape index (κ3) is 3.16. The lowest BCUT2D eigenvalue weighted by atomic mass is 10.3. The Labute approximate surface area is 121 Å². The first kappa shape index (κ1) is 14.5. The second-order valence-electron chi connectivity index (χ2n) is 4.61. The molecule has 2 heterocycles. The Bertz CT molecular complexity index is 597. The highest BCUT2D eigenvalue weighted by atomic mass is 35.5. The van der Waals surface area contributed by atoms with Crippen molar-refractivity contribution in [3.05, 3.63) is 11.6 Å². The molecule has 0 unspecified atom stereocenters. The van der Waals surface area contributed by atoms with E-state index in [9.17, 15) is 4.79 Å². The van der Waals surface area contributed by atoms with E-state index in [0.717, 1.165) is 11.9 Å². The minimum absolute atomic E-state index is 0.167. The molecule has 0 saturated heterocycles. The average Bonchev–Trinajstić information content (AvgIpc) is 2.82. The maximum absolute atomic E-state index is 10.2. The molecule has 0 spiro atoms. The molecule has 0 saturated carbocycles. The van der Waals surface area contributed by atoms with E-state index in [1.54, 1.807) is 6.33 Å². The van der Waals surface area contributed by atoms with Crippen LogP contribution in [-0.2, 0) is 4.79 Å². The van der Waals surface area contributed by atoms with Crippen molar-refractivity contribution in [2.24, 2.45) is 0 Å². The van der Waals surface area contributed by atoms with Gasteiger partial charge in [0.25, 0.3) is 0 Å².